The van der Waals surface area contributed by atoms with E-state index in [4.69, 9.17) is 5.73 Å². The molecule has 1 aromatic rings. The van der Waals surface area contributed by atoms with Gasteiger partial charge in [0.25, 0.3) is 0 Å². The van der Waals surface area contributed by atoms with Gasteiger partial charge in [0.1, 0.15) is 0 Å². The molecule has 2 N–H and O–H groups in total. The van der Waals surface area contributed by atoms with E-state index in [0.717, 1.165) is 4.47 Å². The predicted octanol–water partition coefficient (Wildman–Crippen LogP) is 3.21. The summed E-state index contributed by atoms with van der Waals surface area (Å²) < 4.78 is 1.16. The Balaban J connectivity index is 3.13. The Hall–Kier alpha value is -0.340. The van der Waals surface area contributed by atoms with E-state index in [2.05, 4.69) is 54.9 Å². The molecule has 0 amide bonds. The first-order chi connectivity index (χ1) is 5.95. The fourth-order valence-electron chi connectivity index (χ4n) is 1.29. The molecule has 0 saturated heterocycles. The molecule has 0 aromatic heterocycles. The lowest BCUT2D eigenvalue weighted by molar-refractivity contribution is 0.587. The topological polar surface area (TPSA) is 26.0 Å². The maximum absolute atomic E-state index is 5.56. The molecule has 0 spiro atoms. The molecular formula is C11H16BrN. The molecule has 1 aromatic carbocycles. The van der Waals surface area contributed by atoms with Crippen molar-refractivity contribution < 1.29 is 0 Å². The number of halogens is 1. The van der Waals surface area contributed by atoms with Crippen molar-refractivity contribution >= 4 is 15.9 Å². The first-order valence-electron chi connectivity index (χ1n) is 4.44. The van der Waals surface area contributed by atoms with Gasteiger partial charge in [-0.25, -0.2) is 0 Å². The van der Waals surface area contributed by atoms with Crippen LogP contribution in [-0.2, 0) is 12.0 Å². The van der Waals surface area contributed by atoms with Gasteiger partial charge in [0.2, 0.25) is 0 Å². The summed E-state index contributed by atoms with van der Waals surface area (Å²) >= 11 is 3.57. The van der Waals surface area contributed by atoms with Crippen molar-refractivity contribution in [3.05, 3.63) is 33.8 Å². The van der Waals surface area contributed by atoms with Crippen molar-refractivity contribution in [1.29, 1.82) is 0 Å². The lowest BCUT2D eigenvalue weighted by Crippen LogP contribution is -2.12. The van der Waals surface area contributed by atoms with E-state index in [1.165, 1.54) is 11.1 Å². The van der Waals surface area contributed by atoms with Crippen LogP contribution < -0.4 is 5.73 Å². The van der Waals surface area contributed by atoms with Crippen LogP contribution in [0.25, 0.3) is 0 Å². The second-order valence-corrected chi connectivity index (χ2v) is 5.12. The Morgan fingerprint density at radius 3 is 2.31 bits per heavy atom. The number of rotatable bonds is 1. The van der Waals surface area contributed by atoms with Gasteiger partial charge in [-0.2, -0.15) is 0 Å². The molecule has 0 heterocycles. The lowest BCUT2D eigenvalue weighted by atomic mass is 9.87. The van der Waals surface area contributed by atoms with Gasteiger partial charge in [-0.3, -0.25) is 0 Å². The Morgan fingerprint density at radius 2 is 1.92 bits per heavy atom. The largest absolute Gasteiger partial charge is 0.326 e. The van der Waals surface area contributed by atoms with Crippen LogP contribution in [0.1, 0.15) is 31.9 Å². The molecule has 0 radical (unpaired) electrons. The predicted molar refractivity (Wildman–Crippen MR) is 60.7 cm³/mol. The number of nitrogens with two attached hydrogens (primary N) is 1. The maximum Gasteiger partial charge on any atom is 0.0215 e. The fourth-order valence-corrected chi connectivity index (χ4v) is 2.31. The molecule has 0 fully saturated rings. The lowest BCUT2D eigenvalue weighted by Gasteiger charge is -2.21. The number of hydrogen-bond acceptors (Lipinski definition) is 1. The van der Waals surface area contributed by atoms with E-state index in [9.17, 15) is 0 Å². The Bertz CT molecular complexity index is 299. The minimum absolute atomic E-state index is 0.186. The van der Waals surface area contributed by atoms with Crippen molar-refractivity contribution in [2.24, 2.45) is 5.73 Å². The van der Waals surface area contributed by atoms with Gasteiger partial charge in [0.05, 0.1) is 0 Å². The molecule has 0 atom stereocenters. The molecule has 0 aliphatic carbocycles. The molecule has 1 rings (SSSR count). The number of hydrogen-bond donors (Lipinski definition) is 1. The van der Waals surface area contributed by atoms with Crippen LogP contribution in [0.2, 0.25) is 0 Å². The molecule has 72 valence electrons. The second kappa shape index (κ2) is 3.81. The zero-order valence-electron chi connectivity index (χ0n) is 8.39. The van der Waals surface area contributed by atoms with Crippen LogP contribution in [0.4, 0.5) is 0 Å². The van der Waals surface area contributed by atoms with E-state index >= 15 is 0 Å². The molecule has 0 bridgehead atoms. The van der Waals surface area contributed by atoms with E-state index in [1.54, 1.807) is 0 Å². The third-order valence-corrected chi connectivity index (χ3v) is 2.73. The van der Waals surface area contributed by atoms with Crippen LogP contribution in [0.5, 0.6) is 0 Å². The van der Waals surface area contributed by atoms with E-state index in [0.29, 0.717) is 6.54 Å². The quantitative estimate of drug-likeness (QED) is 0.804. The molecule has 0 aliphatic rings. The van der Waals surface area contributed by atoms with Gasteiger partial charge in [-0.15, -0.1) is 0 Å². The van der Waals surface area contributed by atoms with Crippen molar-refractivity contribution in [3.8, 4) is 0 Å². The third kappa shape index (κ3) is 2.55. The average Bonchev–Trinajstić information content (AvgIpc) is 2.01. The van der Waals surface area contributed by atoms with Crippen LogP contribution >= 0.6 is 15.9 Å². The normalized spacial score (nSPS) is 11.8. The molecular weight excluding hydrogens is 226 g/mol. The Morgan fingerprint density at radius 1 is 1.31 bits per heavy atom. The summed E-state index contributed by atoms with van der Waals surface area (Å²) in [7, 11) is 0. The monoisotopic (exact) mass is 241 g/mol. The summed E-state index contributed by atoms with van der Waals surface area (Å²) in [4.78, 5) is 0. The van der Waals surface area contributed by atoms with Crippen molar-refractivity contribution in [2.75, 3.05) is 0 Å². The maximum atomic E-state index is 5.56. The molecule has 0 unspecified atom stereocenters. The van der Waals surface area contributed by atoms with Crippen LogP contribution in [-0.4, -0.2) is 0 Å². The molecule has 2 heteroatoms. The smallest absolute Gasteiger partial charge is 0.0215 e. The highest BCUT2D eigenvalue weighted by atomic mass is 79.9. The first-order valence-corrected chi connectivity index (χ1v) is 5.23. The van der Waals surface area contributed by atoms with Crippen molar-refractivity contribution in [1.82, 2.24) is 0 Å². The molecule has 0 aliphatic heterocycles. The summed E-state index contributed by atoms with van der Waals surface area (Å²) in [5, 5.41) is 0. The van der Waals surface area contributed by atoms with E-state index in [-0.39, 0.29) is 5.41 Å². The Kier molecular flexibility index (Phi) is 3.14. The zero-order valence-corrected chi connectivity index (χ0v) is 9.98. The highest BCUT2D eigenvalue weighted by Gasteiger charge is 2.16. The van der Waals surface area contributed by atoms with Gasteiger partial charge >= 0.3 is 0 Å². The standard InChI is InChI=1S/C11H16BrN/c1-11(2,3)9-5-4-8(7-13)6-10(9)12/h4-6H,7,13H2,1-3H3. The SMILES string of the molecule is CC(C)(C)c1ccc(CN)cc1Br. The molecule has 0 saturated carbocycles. The van der Waals surface area contributed by atoms with Crippen molar-refractivity contribution in [2.45, 2.75) is 32.7 Å². The van der Waals surface area contributed by atoms with Crippen molar-refractivity contribution in [3.63, 3.8) is 0 Å². The summed E-state index contributed by atoms with van der Waals surface area (Å²) in [6.45, 7) is 7.21. The van der Waals surface area contributed by atoms with Gasteiger partial charge in [-0.1, -0.05) is 48.8 Å². The minimum atomic E-state index is 0.186. The zero-order chi connectivity index (χ0) is 10.1. The van der Waals surface area contributed by atoms with Crippen LogP contribution in [0.15, 0.2) is 22.7 Å². The summed E-state index contributed by atoms with van der Waals surface area (Å²) in [6, 6.07) is 6.33. The summed E-state index contributed by atoms with van der Waals surface area (Å²) in [5.41, 5.74) is 8.23. The summed E-state index contributed by atoms with van der Waals surface area (Å²) in [5.74, 6) is 0. The van der Waals surface area contributed by atoms with Crippen LogP contribution in [0, 0.1) is 0 Å². The molecule has 1 nitrogen and oxygen atoms in total. The number of benzene rings is 1. The van der Waals surface area contributed by atoms with Gasteiger partial charge in [0.15, 0.2) is 0 Å². The van der Waals surface area contributed by atoms with Gasteiger partial charge in [0, 0.05) is 11.0 Å². The van der Waals surface area contributed by atoms with Gasteiger partial charge < -0.3 is 5.73 Å². The highest BCUT2D eigenvalue weighted by molar-refractivity contribution is 9.10. The minimum Gasteiger partial charge on any atom is -0.326 e. The summed E-state index contributed by atoms with van der Waals surface area (Å²) in [6.07, 6.45) is 0. The Labute approximate surface area is 88.5 Å². The van der Waals surface area contributed by atoms with Crippen LogP contribution in [0.3, 0.4) is 0 Å². The van der Waals surface area contributed by atoms with E-state index in [1.807, 2.05) is 0 Å². The highest BCUT2D eigenvalue weighted by Crippen LogP contribution is 2.30. The third-order valence-electron chi connectivity index (χ3n) is 2.08. The van der Waals surface area contributed by atoms with Gasteiger partial charge in [-0.05, 0) is 22.6 Å². The average molecular weight is 242 g/mol. The second-order valence-electron chi connectivity index (χ2n) is 4.27. The fraction of sp³-hybridized carbons (Fsp3) is 0.455. The first kappa shape index (κ1) is 10.7. The molecule has 13 heavy (non-hydrogen) atoms. The van der Waals surface area contributed by atoms with E-state index < -0.39 is 0 Å².